The average molecular weight is 907 g/mol. The second-order valence-electron chi connectivity index (χ2n) is 18.1. The largest absolute Gasteiger partial charge is 0.462 e. The van der Waals surface area contributed by atoms with Gasteiger partial charge in [-0.1, -0.05) is 235 Å². The number of hydrogen-bond acceptors (Lipinski definition) is 6. The summed E-state index contributed by atoms with van der Waals surface area (Å²) in [6.07, 6.45) is 67.5. The first-order valence-electron chi connectivity index (χ1n) is 27.4. The zero-order valence-corrected chi connectivity index (χ0v) is 42.7. The maximum Gasteiger partial charge on any atom is 0.306 e. The van der Waals surface area contributed by atoms with Gasteiger partial charge in [0.25, 0.3) is 0 Å². The molecule has 0 aromatic heterocycles. The fraction of sp³-hybridized carbons (Fsp3) is 0.746. The van der Waals surface area contributed by atoms with Crippen molar-refractivity contribution in [1.29, 1.82) is 0 Å². The summed E-state index contributed by atoms with van der Waals surface area (Å²) in [6, 6.07) is 0. The van der Waals surface area contributed by atoms with Gasteiger partial charge in [-0.2, -0.15) is 0 Å². The van der Waals surface area contributed by atoms with Gasteiger partial charge in [0, 0.05) is 19.3 Å². The molecular weight excluding hydrogens is 805 g/mol. The van der Waals surface area contributed by atoms with Crippen LogP contribution in [-0.2, 0) is 28.6 Å². The third-order valence-electron chi connectivity index (χ3n) is 11.7. The van der Waals surface area contributed by atoms with Crippen molar-refractivity contribution in [2.24, 2.45) is 0 Å². The van der Waals surface area contributed by atoms with Gasteiger partial charge in [-0.25, -0.2) is 0 Å². The third kappa shape index (κ3) is 51.7. The fourth-order valence-corrected chi connectivity index (χ4v) is 7.59. The summed E-state index contributed by atoms with van der Waals surface area (Å²) in [5, 5.41) is 0. The molecule has 0 rings (SSSR count). The van der Waals surface area contributed by atoms with Crippen LogP contribution in [0.2, 0.25) is 0 Å². The summed E-state index contributed by atoms with van der Waals surface area (Å²) >= 11 is 0. The smallest absolute Gasteiger partial charge is 0.306 e. The van der Waals surface area contributed by atoms with Crippen molar-refractivity contribution in [3.63, 3.8) is 0 Å². The van der Waals surface area contributed by atoms with Gasteiger partial charge < -0.3 is 14.2 Å². The normalized spacial score (nSPS) is 12.6. The van der Waals surface area contributed by atoms with Crippen molar-refractivity contribution in [3.8, 4) is 0 Å². The van der Waals surface area contributed by atoms with Crippen LogP contribution in [0.1, 0.15) is 265 Å². The van der Waals surface area contributed by atoms with Crippen molar-refractivity contribution < 1.29 is 28.6 Å². The van der Waals surface area contributed by atoms with Gasteiger partial charge in [-0.3, -0.25) is 14.4 Å². The number of hydrogen-bond donors (Lipinski definition) is 0. The molecule has 0 aromatic carbocycles. The van der Waals surface area contributed by atoms with Crippen molar-refractivity contribution >= 4 is 17.9 Å². The number of ether oxygens (including phenoxy) is 3. The predicted molar refractivity (Wildman–Crippen MR) is 279 cm³/mol. The van der Waals surface area contributed by atoms with E-state index in [0.717, 1.165) is 77.0 Å². The molecule has 374 valence electrons. The Morgan fingerprint density at radius 2 is 0.615 bits per heavy atom. The highest BCUT2D eigenvalue weighted by Crippen LogP contribution is 2.15. The predicted octanol–water partition coefficient (Wildman–Crippen LogP) is 18.2. The van der Waals surface area contributed by atoms with Crippen LogP contribution < -0.4 is 0 Å². The van der Waals surface area contributed by atoms with Gasteiger partial charge in [0.05, 0.1) is 0 Å². The topological polar surface area (TPSA) is 78.9 Å². The van der Waals surface area contributed by atoms with Crippen LogP contribution in [0.15, 0.2) is 72.9 Å². The van der Waals surface area contributed by atoms with Crippen molar-refractivity contribution in [2.45, 2.75) is 271 Å². The molecule has 0 aliphatic heterocycles. The maximum absolute atomic E-state index is 12.8. The van der Waals surface area contributed by atoms with E-state index in [9.17, 15) is 14.4 Å². The molecule has 0 bridgehead atoms. The van der Waals surface area contributed by atoms with Gasteiger partial charge in [0.1, 0.15) is 13.2 Å². The van der Waals surface area contributed by atoms with E-state index in [-0.39, 0.29) is 37.5 Å². The summed E-state index contributed by atoms with van der Waals surface area (Å²) in [5.41, 5.74) is 0. The molecule has 0 amide bonds. The summed E-state index contributed by atoms with van der Waals surface area (Å²) in [4.78, 5) is 38.0. The minimum Gasteiger partial charge on any atom is -0.462 e. The van der Waals surface area contributed by atoms with Gasteiger partial charge in [-0.05, 0) is 83.5 Å². The van der Waals surface area contributed by atoms with E-state index in [1.807, 2.05) is 0 Å². The summed E-state index contributed by atoms with van der Waals surface area (Å²) in [6.45, 7) is 6.48. The van der Waals surface area contributed by atoms with Gasteiger partial charge >= 0.3 is 17.9 Å². The average Bonchev–Trinajstić information content (AvgIpc) is 3.30. The van der Waals surface area contributed by atoms with Crippen molar-refractivity contribution in [2.75, 3.05) is 13.2 Å². The van der Waals surface area contributed by atoms with E-state index in [4.69, 9.17) is 14.2 Å². The number of carbonyl (C=O) groups is 3. The lowest BCUT2D eigenvalue weighted by Gasteiger charge is -2.18. The number of allylic oxidation sites excluding steroid dienone is 12. The van der Waals surface area contributed by atoms with Crippen LogP contribution in [0.3, 0.4) is 0 Å². The molecule has 0 unspecified atom stereocenters. The minimum absolute atomic E-state index is 0.0975. The Morgan fingerprint density at radius 3 is 1.00 bits per heavy atom. The molecule has 6 nitrogen and oxygen atoms in total. The van der Waals surface area contributed by atoms with E-state index in [1.165, 1.54) is 141 Å². The van der Waals surface area contributed by atoms with E-state index >= 15 is 0 Å². The highest BCUT2D eigenvalue weighted by Gasteiger charge is 2.19. The van der Waals surface area contributed by atoms with Crippen LogP contribution in [0.5, 0.6) is 0 Å². The Balaban J connectivity index is 4.42. The number of esters is 3. The second-order valence-corrected chi connectivity index (χ2v) is 18.1. The van der Waals surface area contributed by atoms with Crippen LogP contribution in [0.25, 0.3) is 0 Å². The molecular formula is C59H102O6. The number of carbonyl (C=O) groups excluding carboxylic acids is 3. The molecule has 0 spiro atoms. The lowest BCUT2D eigenvalue weighted by molar-refractivity contribution is -0.167. The van der Waals surface area contributed by atoms with E-state index in [2.05, 4.69) is 93.7 Å². The first-order valence-corrected chi connectivity index (χ1v) is 27.4. The van der Waals surface area contributed by atoms with Crippen molar-refractivity contribution in [1.82, 2.24) is 0 Å². The lowest BCUT2D eigenvalue weighted by Crippen LogP contribution is -2.30. The zero-order valence-electron chi connectivity index (χ0n) is 42.7. The Hall–Kier alpha value is -3.15. The Morgan fingerprint density at radius 1 is 0.323 bits per heavy atom. The maximum atomic E-state index is 12.8. The quantitative estimate of drug-likeness (QED) is 0.0262. The summed E-state index contributed by atoms with van der Waals surface area (Å²) in [7, 11) is 0. The summed E-state index contributed by atoms with van der Waals surface area (Å²) in [5.74, 6) is -0.956. The van der Waals surface area contributed by atoms with Gasteiger partial charge in [0.2, 0.25) is 0 Å². The van der Waals surface area contributed by atoms with E-state index < -0.39 is 6.10 Å². The SMILES string of the molecule is CC/C=C\C/C=C\C/C=C\C/C=C\C/C=C\CCCC(=O)O[C@@H](COC(=O)CCCCCCCCC/C=C\CCCCCCCCCC)COC(=O)CCCCCCCCCCCCC. The molecule has 0 saturated heterocycles. The standard InChI is InChI=1S/C59H102O6/c1-4-7-10-13-16-19-22-24-26-28-29-31-32-34-37-40-43-46-49-52-58(61)64-55-56(54-63-57(60)51-48-45-42-39-36-21-18-15-12-9-6-3)65-59(62)53-50-47-44-41-38-35-33-30-27-25-23-20-17-14-11-8-5-2/h8,11,17,20,25,27-29,33,35,41,44,56H,4-7,9-10,12-16,18-19,21-24,26,30-32,34,36-40,42-43,45-55H2,1-3H3/b11-8-,20-17-,27-25-,29-28-,35-33-,44-41-/t56-/m1/s1. The van der Waals surface area contributed by atoms with Crippen molar-refractivity contribution in [3.05, 3.63) is 72.9 Å². The Labute approximate surface area is 402 Å². The Kier molecular flexibility index (Phi) is 50.9. The minimum atomic E-state index is -0.804. The summed E-state index contributed by atoms with van der Waals surface area (Å²) < 4.78 is 16.8. The molecule has 0 radical (unpaired) electrons. The zero-order chi connectivity index (χ0) is 47.2. The van der Waals surface area contributed by atoms with E-state index in [1.54, 1.807) is 0 Å². The molecule has 0 N–H and O–H groups in total. The second kappa shape index (κ2) is 53.5. The van der Waals surface area contributed by atoms with Gasteiger partial charge in [0.15, 0.2) is 6.10 Å². The van der Waals surface area contributed by atoms with Crippen LogP contribution >= 0.6 is 0 Å². The molecule has 0 aromatic rings. The first-order chi connectivity index (χ1) is 32.0. The molecule has 0 heterocycles. The van der Waals surface area contributed by atoms with Crippen LogP contribution in [0, 0.1) is 0 Å². The fourth-order valence-electron chi connectivity index (χ4n) is 7.59. The number of rotatable bonds is 49. The Bertz CT molecular complexity index is 1230. The number of unbranched alkanes of at least 4 members (excludes halogenated alkanes) is 26. The molecule has 6 heteroatoms. The van der Waals surface area contributed by atoms with Crippen LogP contribution in [0.4, 0.5) is 0 Å². The molecule has 65 heavy (non-hydrogen) atoms. The highest BCUT2D eigenvalue weighted by atomic mass is 16.6. The molecule has 0 aliphatic carbocycles. The lowest BCUT2D eigenvalue weighted by atomic mass is 10.1. The third-order valence-corrected chi connectivity index (χ3v) is 11.7. The van der Waals surface area contributed by atoms with E-state index in [0.29, 0.717) is 19.3 Å². The van der Waals surface area contributed by atoms with Crippen LogP contribution in [-0.4, -0.2) is 37.2 Å². The monoisotopic (exact) mass is 907 g/mol. The first kappa shape index (κ1) is 61.9. The molecule has 0 saturated carbocycles. The van der Waals surface area contributed by atoms with Gasteiger partial charge in [-0.15, -0.1) is 0 Å². The highest BCUT2D eigenvalue weighted by molar-refractivity contribution is 5.71. The molecule has 0 aliphatic rings. The molecule has 1 atom stereocenters. The molecule has 0 fully saturated rings.